The fourth-order valence-corrected chi connectivity index (χ4v) is 3.12. The molecule has 1 unspecified atom stereocenters. The Kier molecular flexibility index (Phi) is 4.72. The summed E-state index contributed by atoms with van der Waals surface area (Å²) >= 11 is 0. The molecule has 0 radical (unpaired) electrons. The summed E-state index contributed by atoms with van der Waals surface area (Å²) in [5.41, 5.74) is 0. The van der Waals surface area contributed by atoms with Crippen LogP contribution in [-0.4, -0.2) is 88.1 Å². The molecule has 1 saturated heterocycles. The highest BCUT2D eigenvalue weighted by Crippen LogP contribution is 2.38. The quantitative estimate of drug-likeness (QED) is 0.319. The number of phosphoric acid groups is 1. The van der Waals surface area contributed by atoms with Crippen molar-refractivity contribution in [2.45, 2.75) is 30.6 Å². The molecule has 0 aliphatic carbocycles. The van der Waals surface area contributed by atoms with Crippen molar-refractivity contribution in [2.75, 3.05) is 13.7 Å². The van der Waals surface area contributed by atoms with Crippen LogP contribution >= 0.6 is 7.82 Å². The second-order valence-corrected chi connectivity index (χ2v) is 6.66. The Morgan fingerprint density at radius 2 is 2.24 bits per heavy atom. The van der Waals surface area contributed by atoms with E-state index in [9.17, 15) is 14.5 Å². The number of guanidine groups is 1. The Labute approximate surface area is 141 Å². The first-order valence-electron chi connectivity index (χ1n) is 7.07. The molecule has 3 aliphatic heterocycles. The number of amides is 1. The molecule has 1 fully saturated rings. The van der Waals surface area contributed by atoms with Crippen molar-refractivity contribution in [3.05, 3.63) is 0 Å². The van der Waals surface area contributed by atoms with Crippen molar-refractivity contribution < 1.29 is 38.3 Å². The minimum atomic E-state index is -4.72. The summed E-state index contributed by atoms with van der Waals surface area (Å²) in [6.45, 7) is -0.520. The lowest BCUT2D eigenvalue weighted by molar-refractivity contribution is -0.119. The number of aliphatic imine (C=N–C) groups is 2. The number of carbonyl (C=O) groups is 1. The third-order valence-corrected chi connectivity index (χ3v) is 4.31. The van der Waals surface area contributed by atoms with Gasteiger partial charge in [-0.1, -0.05) is 0 Å². The average Bonchev–Trinajstić information content (AvgIpc) is 3.05. The van der Waals surface area contributed by atoms with Gasteiger partial charge in [0, 0.05) is 7.11 Å². The lowest BCUT2D eigenvalue weighted by Gasteiger charge is -2.28. The van der Waals surface area contributed by atoms with E-state index in [1.54, 1.807) is 0 Å². The summed E-state index contributed by atoms with van der Waals surface area (Å²) in [6, 6.07) is -0.962. The number of rotatable bonds is 5. The number of aliphatic hydroxyl groups excluding tert-OH is 1. The standard InChI is InChI=1S/C11H16N5O8P/c1-22-7-4(2-23-25(19,20)21)24-10(6(7)17)16-3-13-5-8(16)14-11(12)15-9(5)18/h3-7,10,17H,2H2,1H3,(H2,12,15,18)(H2,19,20,21)/t4-,5?,6-,7-,10-/m1/s1. The molecule has 1 amide bonds. The van der Waals surface area contributed by atoms with Crippen LogP contribution in [0.25, 0.3) is 0 Å². The molecular formula is C11H16N5O8P. The van der Waals surface area contributed by atoms with Crippen molar-refractivity contribution in [1.29, 1.82) is 5.41 Å². The van der Waals surface area contributed by atoms with Gasteiger partial charge in [-0.05, 0) is 0 Å². The van der Waals surface area contributed by atoms with Crippen LogP contribution in [0.4, 0.5) is 0 Å². The van der Waals surface area contributed by atoms with E-state index in [1.807, 2.05) is 0 Å². The summed E-state index contributed by atoms with van der Waals surface area (Å²) in [5.74, 6) is -0.806. The van der Waals surface area contributed by atoms with Gasteiger partial charge in [0.05, 0.1) is 12.9 Å². The van der Waals surface area contributed by atoms with Crippen LogP contribution in [0.5, 0.6) is 0 Å². The highest BCUT2D eigenvalue weighted by Gasteiger charge is 2.51. The maximum absolute atomic E-state index is 11.8. The molecule has 3 aliphatic rings. The Morgan fingerprint density at radius 1 is 1.52 bits per heavy atom. The first kappa shape index (κ1) is 18.1. The van der Waals surface area contributed by atoms with E-state index in [1.165, 1.54) is 18.3 Å². The van der Waals surface area contributed by atoms with Crippen LogP contribution < -0.4 is 5.32 Å². The maximum atomic E-state index is 11.8. The Hall–Kier alpha value is -1.73. The van der Waals surface area contributed by atoms with E-state index < -0.39 is 50.9 Å². The molecule has 14 heteroatoms. The predicted octanol–water partition coefficient (Wildman–Crippen LogP) is -2.63. The van der Waals surface area contributed by atoms with Gasteiger partial charge in [0.2, 0.25) is 5.96 Å². The molecule has 0 saturated carbocycles. The van der Waals surface area contributed by atoms with Crippen molar-refractivity contribution in [3.8, 4) is 0 Å². The number of ether oxygens (including phenoxy) is 2. The van der Waals surface area contributed by atoms with Gasteiger partial charge in [0.25, 0.3) is 5.91 Å². The number of phosphoric ester groups is 1. The van der Waals surface area contributed by atoms with E-state index in [0.717, 1.165) is 0 Å². The molecule has 0 aromatic rings. The second kappa shape index (κ2) is 6.53. The van der Waals surface area contributed by atoms with Crippen LogP contribution in [-0.2, 0) is 23.4 Å². The lowest BCUT2D eigenvalue weighted by Crippen LogP contribution is -2.53. The number of amidine groups is 1. The Bertz CT molecular complexity index is 692. The fraction of sp³-hybridized carbons (Fsp3) is 0.636. The molecular weight excluding hydrogens is 361 g/mol. The van der Waals surface area contributed by atoms with Gasteiger partial charge in [0.15, 0.2) is 18.1 Å². The smallest absolute Gasteiger partial charge is 0.386 e. The summed E-state index contributed by atoms with van der Waals surface area (Å²) in [5, 5.41) is 20.1. The minimum Gasteiger partial charge on any atom is -0.386 e. The SMILES string of the molecule is CO[C@H]1[C@@H](O)[C@H](N2C=NC3C(=O)NC(=N)N=C32)O[C@@H]1COP(=O)(O)O. The van der Waals surface area contributed by atoms with Gasteiger partial charge in [-0.15, -0.1) is 0 Å². The van der Waals surface area contributed by atoms with Crippen molar-refractivity contribution >= 4 is 31.9 Å². The molecule has 0 aromatic heterocycles. The molecule has 138 valence electrons. The summed E-state index contributed by atoms with van der Waals surface area (Å²) in [4.78, 5) is 38.6. The van der Waals surface area contributed by atoms with Gasteiger partial charge >= 0.3 is 7.82 Å². The van der Waals surface area contributed by atoms with E-state index in [2.05, 4.69) is 19.8 Å². The molecule has 0 bridgehead atoms. The zero-order chi connectivity index (χ0) is 18.4. The second-order valence-electron chi connectivity index (χ2n) is 5.42. The number of hydrogen-bond donors (Lipinski definition) is 5. The predicted molar refractivity (Wildman–Crippen MR) is 80.9 cm³/mol. The highest BCUT2D eigenvalue weighted by atomic mass is 31.2. The van der Waals surface area contributed by atoms with Crippen LogP contribution in [0.3, 0.4) is 0 Å². The molecule has 3 rings (SSSR count). The molecule has 25 heavy (non-hydrogen) atoms. The van der Waals surface area contributed by atoms with Gasteiger partial charge in [0.1, 0.15) is 18.3 Å². The fourth-order valence-electron chi connectivity index (χ4n) is 2.78. The van der Waals surface area contributed by atoms with Crippen molar-refractivity contribution in [3.63, 3.8) is 0 Å². The van der Waals surface area contributed by atoms with E-state index in [4.69, 9.17) is 24.7 Å². The minimum absolute atomic E-state index is 0.101. The Balaban J connectivity index is 1.79. The number of fused-ring (bicyclic) bond motifs is 1. The Morgan fingerprint density at radius 3 is 2.88 bits per heavy atom. The summed E-state index contributed by atoms with van der Waals surface area (Å²) in [7, 11) is -3.42. The van der Waals surface area contributed by atoms with Crippen LogP contribution in [0.1, 0.15) is 0 Å². The van der Waals surface area contributed by atoms with Crippen LogP contribution in [0.15, 0.2) is 9.98 Å². The molecule has 3 heterocycles. The topological polar surface area (TPSA) is 186 Å². The van der Waals surface area contributed by atoms with Crippen LogP contribution in [0.2, 0.25) is 0 Å². The van der Waals surface area contributed by atoms with E-state index in [0.29, 0.717) is 0 Å². The van der Waals surface area contributed by atoms with Crippen LogP contribution in [0, 0.1) is 5.41 Å². The third-order valence-electron chi connectivity index (χ3n) is 3.83. The molecule has 13 nitrogen and oxygen atoms in total. The first-order valence-corrected chi connectivity index (χ1v) is 8.60. The number of nitrogens with one attached hydrogen (secondary N) is 2. The molecule has 5 atom stereocenters. The number of nitrogens with zero attached hydrogens (tertiary/aromatic N) is 3. The molecule has 0 spiro atoms. The van der Waals surface area contributed by atoms with Crippen molar-refractivity contribution in [1.82, 2.24) is 10.2 Å². The van der Waals surface area contributed by atoms with Gasteiger partial charge in [-0.3, -0.25) is 29.9 Å². The van der Waals surface area contributed by atoms with Gasteiger partial charge in [-0.25, -0.2) is 4.57 Å². The zero-order valence-corrected chi connectivity index (χ0v) is 13.7. The monoisotopic (exact) mass is 377 g/mol. The number of aliphatic hydroxyl groups is 1. The van der Waals surface area contributed by atoms with Gasteiger partial charge < -0.3 is 24.4 Å². The number of hydrogen-bond acceptors (Lipinski definition) is 9. The zero-order valence-electron chi connectivity index (χ0n) is 12.8. The maximum Gasteiger partial charge on any atom is 0.469 e. The summed E-state index contributed by atoms with van der Waals surface area (Å²) < 4.78 is 26.0. The van der Waals surface area contributed by atoms with E-state index in [-0.39, 0.29) is 11.8 Å². The van der Waals surface area contributed by atoms with Crippen molar-refractivity contribution in [2.24, 2.45) is 9.98 Å². The number of methoxy groups -OCH3 is 1. The average molecular weight is 377 g/mol. The summed E-state index contributed by atoms with van der Waals surface area (Å²) in [6.07, 6.45) is -3.01. The third kappa shape index (κ3) is 3.48. The number of carbonyl (C=O) groups excluding carboxylic acids is 1. The van der Waals surface area contributed by atoms with Gasteiger partial charge in [-0.2, -0.15) is 4.99 Å². The molecule has 0 aromatic carbocycles. The normalized spacial score (nSPS) is 35.0. The van der Waals surface area contributed by atoms with E-state index >= 15 is 0 Å². The molecule has 5 N–H and O–H groups in total. The highest BCUT2D eigenvalue weighted by molar-refractivity contribution is 7.46. The lowest BCUT2D eigenvalue weighted by atomic mass is 10.1. The first-order chi connectivity index (χ1) is 11.7. The largest absolute Gasteiger partial charge is 0.469 e.